The number of alkyl carbamates (subject to hydrolysis) is 1. The molecule has 2 atom stereocenters. The van der Waals surface area contributed by atoms with E-state index in [1.54, 1.807) is 39.3 Å². The predicted molar refractivity (Wildman–Crippen MR) is 137 cm³/mol. The molecular formula is C27H37N3O6. The number of amides is 3. The second-order valence-corrected chi connectivity index (χ2v) is 8.80. The monoisotopic (exact) mass is 499 g/mol. The van der Waals surface area contributed by atoms with Gasteiger partial charge in [-0.2, -0.15) is 0 Å². The van der Waals surface area contributed by atoms with E-state index in [4.69, 9.17) is 14.2 Å². The minimum atomic E-state index is -0.835. The minimum Gasteiger partial charge on any atom is -0.497 e. The van der Waals surface area contributed by atoms with Crippen LogP contribution >= 0.6 is 0 Å². The van der Waals surface area contributed by atoms with Crippen LogP contribution in [-0.2, 0) is 27.5 Å². The molecule has 2 aromatic carbocycles. The van der Waals surface area contributed by atoms with E-state index in [2.05, 4.69) is 16.0 Å². The molecule has 0 unspecified atom stereocenters. The van der Waals surface area contributed by atoms with E-state index >= 15 is 0 Å². The molecule has 0 aliphatic carbocycles. The smallest absolute Gasteiger partial charge is 0.408 e. The van der Waals surface area contributed by atoms with Crippen molar-refractivity contribution in [2.24, 2.45) is 5.92 Å². The molecule has 0 spiro atoms. The van der Waals surface area contributed by atoms with Crippen LogP contribution in [0, 0.1) is 5.92 Å². The zero-order valence-corrected chi connectivity index (χ0v) is 21.6. The van der Waals surface area contributed by atoms with Crippen LogP contribution in [-0.4, -0.2) is 44.2 Å². The number of carbonyl (C=O) groups excluding carboxylic acids is 3. The fourth-order valence-electron chi connectivity index (χ4n) is 3.52. The minimum absolute atomic E-state index is 0.0950. The second-order valence-electron chi connectivity index (χ2n) is 8.80. The lowest BCUT2D eigenvalue weighted by atomic mass is 10.0. The van der Waals surface area contributed by atoms with E-state index in [0.717, 1.165) is 11.1 Å². The molecule has 0 aliphatic heterocycles. The predicted octanol–water partition coefficient (Wildman–Crippen LogP) is 3.56. The molecule has 0 fully saturated rings. The third-order valence-electron chi connectivity index (χ3n) is 5.45. The van der Waals surface area contributed by atoms with Crippen LogP contribution in [0.5, 0.6) is 11.5 Å². The molecule has 0 aromatic heterocycles. The first-order valence-corrected chi connectivity index (χ1v) is 12.0. The van der Waals surface area contributed by atoms with Crippen LogP contribution in [0.4, 0.5) is 4.79 Å². The van der Waals surface area contributed by atoms with Crippen LogP contribution < -0.4 is 25.4 Å². The topological polar surface area (TPSA) is 115 Å². The van der Waals surface area contributed by atoms with Gasteiger partial charge in [-0.25, -0.2) is 4.79 Å². The fraction of sp³-hybridized carbons (Fsp3) is 0.444. The summed E-state index contributed by atoms with van der Waals surface area (Å²) in [4.78, 5) is 38.2. The number of hydrogen-bond acceptors (Lipinski definition) is 6. The van der Waals surface area contributed by atoms with Crippen molar-refractivity contribution in [3.8, 4) is 11.5 Å². The lowest BCUT2D eigenvalue weighted by molar-refractivity contribution is -0.130. The van der Waals surface area contributed by atoms with Crippen molar-refractivity contribution in [2.45, 2.75) is 58.8 Å². The van der Waals surface area contributed by atoms with Gasteiger partial charge in [0.15, 0.2) is 0 Å². The first-order chi connectivity index (χ1) is 17.2. The Morgan fingerprint density at radius 2 is 1.47 bits per heavy atom. The standard InChI is InChI=1S/C27H37N3O6/c1-6-23(25(31)28-16-20-13-21(34-4)15-22(14-20)35-5)29-26(32)24(12-18(2)3)30-27(33)36-17-19-10-8-7-9-11-19/h7-11,13-15,18,23-24H,6,12,16-17H2,1-5H3,(H,28,31)(H,29,32)(H,30,33)/t23-,24-/m0/s1. The highest BCUT2D eigenvalue weighted by Crippen LogP contribution is 2.22. The van der Waals surface area contributed by atoms with Crippen molar-refractivity contribution in [1.82, 2.24) is 16.0 Å². The highest BCUT2D eigenvalue weighted by Gasteiger charge is 2.27. The van der Waals surface area contributed by atoms with E-state index in [0.29, 0.717) is 24.3 Å². The number of benzene rings is 2. The molecule has 3 N–H and O–H groups in total. The van der Waals surface area contributed by atoms with Crippen molar-refractivity contribution in [3.05, 3.63) is 59.7 Å². The largest absolute Gasteiger partial charge is 0.497 e. The van der Waals surface area contributed by atoms with Gasteiger partial charge in [0.1, 0.15) is 30.2 Å². The lowest BCUT2D eigenvalue weighted by Gasteiger charge is -2.23. The molecule has 0 radical (unpaired) electrons. The van der Waals surface area contributed by atoms with Crippen molar-refractivity contribution in [2.75, 3.05) is 14.2 Å². The first kappa shape index (κ1) is 28.5. The summed E-state index contributed by atoms with van der Waals surface area (Å²) in [7, 11) is 3.11. The number of ether oxygens (including phenoxy) is 3. The second kappa shape index (κ2) is 14.6. The number of rotatable bonds is 13. The normalized spacial score (nSPS) is 12.3. The van der Waals surface area contributed by atoms with Gasteiger partial charge < -0.3 is 30.2 Å². The van der Waals surface area contributed by atoms with E-state index in [1.807, 2.05) is 44.2 Å². The molecule has 0 heterocycles. The van der Waals surface area contributed by atoms with Crippen LogP contribution in [0.15, 0.2) is 48.5 Å². The number of hydrogen-bond donors (Lipinski definition) is 3. The molecular weight excluding hydrogens is 462 g/mol. The Hall–Kier alpha value is -3.75. The summed E-state index contributed by atoms with van der Waals surface area (Å²) in [6.45, 7) is 6.03. The molecule has 0 bridgehead atoms. The maximum atomic E-state index is 13.0. The quantitative estimate of drug-likeness (QED) is 0.388. The van der Waals surface area contributed by atoms with Gasteiger partial charge in [-0.05, 0) is 42.0 Å². The number of carbonyl (C=O) groups is 3. The molecule has 3 amide bonds. The fourth-order valence-corrected chi connectivity index (χ4v) is 3.52. The number of nitrogens with one attached hydrogen (secondary N) is 3. The van der Waals surface area contributed by atoms with Crippen LogP contribution in [0.25, 0.3) is 0 Å². The van der Waals surface area contributed by atoms with Crippen LogP contribution in [0.2, 0.25) is 0 Å². The molecule has 0 saturated carbocycles. The number of methoxy groups -OCH3 is 2. The van der Waals surface area contributed by atoms with Gasteiger partial charge in [0.2, 0.25) is 11.8 Å². The molecule has 2 rings (SSSR count). The Kier molecular flexibility index (Phi) is 11.6. The highest BCUT2D eigenvalue weighted by atomic mass is 16.5. The zero-order chi connectivity index (χ0) is 26.5. The van der Waals surface area contributed by atoms with Gasteiger partial charge in [-0.15, -0.1) is 0 Å². The van der Waals surface area contributed by atoms with Crippen LogP contribution in [0.3, 0.4) is 0 Å². The Balaban J connectivity index is 1.96. The van der Waals surface area contributed by atoms with Crippen molar-refractivity contribution >= 4 is 17.9 Å². The SMILES string of the molecule is CC[C@H](NC(=O)[C@H](CC(C)C)NC(=O)OCc1ccccc1)C(=O)NCc1cc(OC)cc(OC)c1. The van der Waals surface area contributed by atoms with Crippen LogP contribution in [0.1, 0.15) is 44.7 Å². The molecule has 9 nitrogen and oxygen atoms in total. The Labute approximate surface area is 212 Å². The zero-order valence-electron chi connectivity index (χ0n) is 21.6. The van der Waals surface area contributed by atoms with Gasteiger partial charge in [0, 0.05) is 12.6 Å². The average Bonchev–Trinajstić information content (AvgIpc) is 2.88. The Bertz CT molecular complexity index is 974. The van der Waals surface area contributed by atoms with Gasteiger partial charge in [0.05, 0.1) is 14.2 Å². The molecule has 2 aromatic rings. The van der Waals surface area contributed by atoms with Gasteiger partial charge >= 0.3 is 6.09 Å². The molecule has 0 saturated heterocycles. The van der Waals surface area contributed by atoms with Gasteiger partial charge in [0.25, 0.3) is 0 Å². The maximum Gasteiger partial charge on any atom is 0.408 e. The maximum absolute atomic E-state index is 13.0. The highest BCUT2D eigenvalue weighted by molar-refractivity contribution is 5.91. The third kappa shape index (κ3) is 9.48. The van der Waals surface area contributed by atoms with E-state index < -0.39 is 24.1 Å². The summed E-state index contributed by atoms with van der Waals surface area (Å²) < 4.78 is 15.8. The van der Waals surface area contributed by atoms with Gasteiger partial charge in [-0.3, -0.25) is 9.59 Å². The van der Waals surface area contributed by atoms with Gasteiger partial charge in [-0.1, -0.05) is 51.1 Å². The van der Waals surface area contributed by atoms with Crippen molar-refractivity contribution in [3.63, 3.8) is 0 Å². The van der Waals surface area contributed by atoms with Crippen molar-refractivity contribution in [1.29, 1.82) is 0 Å². The average molecular weight is 500 g/mol. The first-order valence-electron chi connectivity index (χ1n) is 12.0. The molecule has 196 valence electrons. The Morgan fingerprint density at radius 3 is 2.03 bits per heavy atom. The summed E-state index contributed by atoms with van der Waals surface area (Å²) in [5.74, 6) is 0.585. The molecule has 0 aliphatic rings. The molecule has 9 heteroatoms. The lowest BCUT2D eigenvalue weighted by Crippen LogP contribution is -2.53. The third-order valence-corrected chi connectivity index (χ3v) is 5.45. The summed E-state index contributed by atoms with van der Waals surface area (Å²) in [5.41, 5.74) is 1.63. The van der Waals surface area contributed by atoms with E-state index in [1.165, 1.54) is 0 Å². The molecule has 36 heavy (non-hydrogen) atoms. The summed E-state index contributed by atoms with van der Waals surface area (Å²) in [5, 5.41) is 8.24. The van der Waals surface area contributed by atoms with E-state index in [9.17, 15) is 14.4 Å². The van der Waals surface area contributed by atoms with E-state index in [-0.39, 0.29) is 25.0 Å². The summed E-state index contributed by atoms with van der Waals surface area (Å²) in [6.07, 6.45) is 0.0869. The summed E-state index contributed by atoms with van der Waals surface area (Å²) >= 11 is 0. The Morgan fingerprint density at radius 1 is 0.833 bits per heavy atom. The summed E-state index contributed by atoms with van der Waals surface area (Å²) in [6, 6.07) is 13.0. The van der Waals surface area contributed by atoms with Crippen molar-refractivity contribution < 1.29 is 28.6 Å².